The third-order valence-electron chi connectivity index (χ3n) is 3.63. The van der Waals surface area contributed by atoms with Crippen LogP contribution in [0, 0.1) is 11.7 Å². The van der Waals surface area contributed by atoms with Crippen molar-refractivity contribution < 1.29 is 14.3 Å². The van der Waals surface area contributed by atoms with Crippen LogP contribution in [0.25, 0.3) is 0 Å². The molecule has 1 saturated carbocycles. The smallest absolute Gasteiger partial charge is 0.325 e. The molecule has 1 fully saturated rings. The molecule has 3 nitrogen and oxygen atoms in total. The molecular weight excluding hydrogens is 277 g/mol. The van der Waals surface area contributed by atoms with Gasteiger partial charge in [-0.1, -0.05) is 6.92 Å². The van der Waals surface area contributed by atoms with Gasteiger partial charge in [-0.2, -0.15) is 0 Å². The summed E-state index contributed by atoms with van der Waals surface area (Å²) < 4.78 is 12.9. The van der Waals surface area contributed by atoms with Gasteiger partial charge in [-0.05, 0) is 56.0 Å². The van der Waals surface area contributed by atoms with Gasteiger partial charge in [-0.3, -0.25) is 4.79 Å². The number of benzene rings is 1. The normalized spacial score (nSPS) is 17.7. The summed E-state index contributed by atoms with van der Waals surface area (Å²) in [5, 5.41) is 12.9. The number of carbonyl (C=O) groups is 1. The first-order valence-electron chi connectivity index (χ1n) is 6.95. The number of hydrogen-bond donors (Lipinski definition) is 2. The van der Waals surface area contributed by atoms with Crippen LogP contribution in [0.1, 0.15) is 26.2 Å². The van der Waals surface area contributed by atoms with E-state index in [-0.39, 0.29) is 11.7 Å². The van der Waals surface area contributed by atoms with Crippen molar-refractivity contribution in [3.8, 4) is 0 Å². The number of hydrogen-bond acceptors (Lipinski definition) is 3. The molecule has 0 aromatic heterocycles. The predicted molar refractivity (Wildman–Crippen MR) is 78.5 cm³/mol. The Labute approximate surface area is 123 Å². The Morgan fingerprint density at radius 3 is 2.60 bits per heavy atom. The molecular formula is C15H20FNO2S. The SMILES string of the molecule is CCCNC(CSc1ccc(F)cc1)(C(=O)O)C1CC1. The molecule has 0 saturated heterocycles. The maximum atomic E-state index is 12.9. The lowest BCUT2D eigenvalue weighted by Gasteiger charge is -2.30. The van der Waals surface area contributed by atoms with Crippen LogP contribution in [0.4, 0.5) is 4.39 Å². The lowest BCUT2D eigenvalue weighted by molar-refractivity contribution is -0.144. The summed E-state index contributed by atoms with van der Waals surface area (Å²) in [5.74, 6) is -0.369. The Balaban J connectivity index is 2.06. The van der Waals surface area contributed by atoms with E-state index in [1.54, 1.807) is 12.1 Å². The van der Waals surface area contributed by atoms with E-state index in [1.807, 2.05) is 6.92 Å². The van der Waals surface area contributed by atoms with Crippen molar-refractivity contribution in [2.24, 2.45) is 5.92 Å². The zero-order valence-corrected chi connectivity index (χ0v) is 12.4. The van der Waals surface area contributed by atoms with Gasteiger partial charge in [0.05, 0.1) is 0 Å². The fourth-order valence-corrected chi connectivity index (χ4v) is 3.46. The van der Waals surface area contributed by atoms with E-state index < -0.39 is 11.5 Å². The predicted octanol–water partition coefficient (Wildman–Crippen LogP) is 3.15. The maximum Gasteiger partial charge on any atom is 0.325 e. The molecule has 2 N–H and O–H groups in total. The van der Waals surface area contributed by atoms with E-state index in [4.69, 9.17) is 0 Å². The molecule has 0 radical (unpaired) electrons. The minimum absolute atomic E-state index is 0.208. The molecule has 5 heteroatoms. The van der Waals surface area contributed by atoms with Gasteiger partial charge in [0.15, 0.2) is 0 Å². The van der Waals surface area contributed by atoms with E-state index in [1.165, 1.54) is 23.9 Å². The van der Waals surface area contributed by atoms with Crippen LogP contribution in [0.5, 0.6) is 0 Å². The van der Waals surface area contributed by atoms with Crippen molar-refractivity contribution in [1.82, 2.24) is 5.32 Å². The summed E-state index contributed by atoms with van der Waals surface area (Å²) in [4.78, 5) is 12.6. The fourth-order valence-electron chi connectivity index (χ4n) is 2.28. The zero-order chi connectivity index (χ0) is 14.6. The van der Waals surface area contributed by atoms with E-state index >= 15 is 0 Å². The second-order valence-corrected chi connectivity index (χ2v) is 6.27. The summed E-state index contributed by atoms with van der Waals surface area (Å²) in [6, 6.07) is 6.20. The Hall–Kier alpha value is -1.07. The van der Waals surface area contributed by atoms with Crippen molar-refractivity contribution >= 4 is 17.7 Å². The molecule has 1 aromatic carbocycles. The molecule has 0 bridgehead atoms. The average molecular weight is 297 g/mol. The van der Waals surface area contributed by atoms with Crippen LogP contribution in [0.2, 0.25) is 0 Å². The number of aliphatic carboxylic acids is 1. The number of halogens is 1. The summed E-state index contributed by atoms with van der Waals surface area (Å²) in [6.07, 6.45) is 2.84. The highest BCUT2D eigenvalue weighted by molar-refractivity contribution is 7.99. The van der Waals surface area contributed by atoms with Gasteiger partial charge in [0, 0.05) is 10.6 Å². The first-order chi connectivity index (χ1) is 9.58. The standard InChI is InChI=1S/C15H20FNO2S/c1-2-9-17-15(14(18)19,11-3-4-11)10-20-13-7-5-12(16)6-8-13/h5-8,11,17H,2-4,9-10H2,1H3,(H,18,19). The van der Waals surface area contributed by atoms with Gasteiger partial charge < -0.3 is 10.4 Å². The Morgan fingerprint density at radius 2 is 2.10 bits per heavy atom. The molecule has 110 valence electrons. The van der Waals surface area contributed by atoms with Crippen LogP contribution >= 0.6 is 11.8 Å². The Bertz CT molecular complexity index is 461. The Kier molecular flexibility index (Phi) is 5.05. The first kappa shape index (κ1) is 15.3. The number of nitrogens with one attached hydrogen (secondary N) is 1. The molecule has 20 heavy (non-hydrogen) atoms. The van der Waals surface area contributed by atoms with Crippen molar-refractivity contribution in [3.63, 3.8) is 0 Å². The number of carboxylic acids is 1. The van der Waals surface area contributed by atoms with Crippen LogP contribution < -0.4 is 5.32 Å². The molecule has 1 aliphatic rings. The van der Waals surface area contributed by atoms with Crippen molar-refractivity contribution in [1.29, 1.82) is 0 Å². The highest BCUT2D eigenvalue weighted by Gasteiger charge is 2.50. The van der Waals surface area contributed by atoms with Crippen LogP contribution in [-0.4, -0.2) is 28.9 Å². The topological polar surface area (TPSA) is 49.3 Å². The van der Waals surface area contributed by atoms with Crippen LogP contribution in [0.3, 0.4) is 0 Å². The minimum Gasteiger partial charge on any atom is -0.480 e. The van der Waals surface area contributed by atoms with Crippen LogP contribution in [0.15, 0.2) is 29.2 Å². The first-order valence-corrected chi connectivity index (χ1v) is 7.94. The van der Waals surface area contributed by atoms with E-state index in [2.05, 4.69) is 5.32 Å². The molecule has 0 heterocycles. The van der Waals surface area contributed by atoms with E-state index in [0.29, 0.717) is 12.3 Å². The number of thioether (sulfide) groups is 1. The summed E-state index contributed by atoms with van der Waals surface area (Å²) >= 11 is 1.47. The third kappa shape index (κ3) is 3.52. The average Bonchev–Trinajstić information content (AvgIpc) is 3.26. The fraction of sp³-hybridized carbons (Fsp3) is 0.533. The quantitative estimate of drug-likeness (QED) is 0.724. The number of rotatable bonds is 8. The summed E-state index contributed by atoms with van der Waals surface area (Å²) in [6.45, 7) is 2.73. The van der Waals surface area contributed by atoms with Gasteiger partial charge in [-0.25, -0.2) is 4.39 Å². The highest BCUT2D eigenvalue weighted by Crippen LogP contribution is 2.42. The monoisotopic (exact) mass is 297 g/mol. The van der Waals surface area contributed by atoms with Gasteiger partial charge in [0.25, 0.3) is 0 Å². The van der Waals surface area contributed by atoms with Gasteiger partial charge in [0.2, 0.25) is 0 Å². The van der Waals surface area contributed by atoms with E-state index in [0.717, 1.165) is 24.2 Å². The third-order valence-corrected chi connectivity index (χ3v) is 4.83. The number of carboxylic acid groups (broad SMARTS) is 1. The lowest BCUT2D eigenvalue weighted by atomic mass is 9.95. The second kappa shape index (κ2) is 6.59. The molecule has 1 aliphatic carbocycles. The van der Waals surface area contributed by atoms with E-state index in [9.17, 15) is 14.3 Å². The molecule has 1 unspecified atom stereocenters. The molecule has 1 atom stereocenters. The van der Waals surface area contributed by atoms with Crippen molar-refractivity contribution in [2.45, 2.75) is 36.6 Å². The highest BCUT2D eigenvalue weighted by atomic mass is 32.2. The molecule has 2 rings (SSSR count). The van der Waals surface area contributed by atoms with Crippen LogP contribution in [-0.2, 0) is 4.79 Å². The minimum atomic E-state index is -0.852. The molecule has 0 spiro atoms. The summed E-state index contributed by atoms with van der Waals surface area (Å²) in [5.41, 5.74) is -0.852. The maximum absolute atomic E-state index is 12.9. The summed E-state index contributed by atoms with van der Waals surface area (Å²) in [7, 11) is 0. The van der Waals surface area contributed by atoms with Gasteiger partial charge >= 0.3 is 5.97 Å². The van der Waals surface area contributed by atoms with Crippen molar-refractivity contribution in [3.05, 3.63) is 30.1 Å². The largest absolute Gasteiger partial charge is 0.480 e. The molecule has 0 aliphatic heterocycles. The lowest BCUT2D eigenvalue weighted by Crippen LogP contribution is -2.56. The Morgan fingerprint density at radius 1 is 1.45 bits per heavy atom. The van der Waals surface area contributed by atoms with Gasteiger partial charge in [0.1, 0.15) is 11.4 Å². The van der Waals surface area contributed by atoms with Crippen molar-refractivity contribution in [2.75, 3.05) is 12.3 Å². The van der Waals surface area contributed by atoms with Gasteiger partial charge in [-0.15, -0.1) is 11.8 Å². The second-order valence-electron chi connectivity index (χ2n) is 5.22. The zero-order valence-electron chi connectivity index (χ0n) is 11.6. The molecule has 1 aromatic rings. The molecule has 0 amide bonds.